The third-order valence-electron chi connectivity index (χ3n) is 2.41. The highest BCUT2D eigenvalue weighted by Crippen LogP contribution is 2.03. The summed E-state index contributed by atoms with van der Waals surface area (Å²) in [4.78, 5) is 37.0. The summed E-state index contributed by atoms with van der Waals surface area (Å²) >= 11 is 0. The van der Waals surface area contributed by atoms with E-state index in [-0.39, 0.29) is 31.4 Å². The second-order valence-corrected chi connectivity index (χ2v) is 3.61. The van der Waals surface area contributed by atoms with Crippen LogP contribution >= 0.6 is 0 Å². The molecule has 1 heterocycles. The van der Waals surface area contributed by atoms with E-state index in [0.717, 1.165) is 0 Å². The average molecular weight is 228 g/mol. The molecule has 0 aliphatic carbocycles. The van der Waals surface area contributed by atoms with Crippen LogP contribution in [0.2, 0.25) is 0 Å². The van der Waals surface area contributed by atoms with E-state index in [4.69, 9.17) is 0 Å². The molecule has 1 saturated heterocycles. The van der Waals surface area contributed by atoms with Crippen LogP contribution in [-0.2, 0) is 19.1 Å². The van der Waals surface area contributed by atoms with E-state index in [9.17, 15) is 14.4 Å². The van der Waals surface area contributed by atoms with Crippen molar-refractivity contribution in [2.45, 2.75) is 13.3 Å². The number of piperazine rings is 1. The number of carbonyl (C=O) groups is 3. The molecule has 16 heavy (non-hydrogen) atoms. The first-order valence-corrected chi connectivity index (χ1v) is 5.22. The van der Waals surface area contributed by atoms with E-state index in [1.165, 1.54) is 4.90 Å². The van der Waals surface area contributed by atoms with Crippen molar-refractivity contribution >= 4 is 17.8 Å². The lowest BCUT2D eigenvalue weighted by Crippen LogP contribution is -2.51. The fourth-order valence-electron chi connectivity index (χ4n) is 1.42. The molecular formula is C10H16N2O4. The molecule has 0 aromatic heterocycles. The van der Waals surface area contributed by atoms with Gasteiger partial charge in [0.25, 0.3) is 0 Å². The highest BCUT2D eigenvalue weighted by Gasteiger charge is 2.26. The van der Waals surface area contributed by atoms with Crippen molar-refractivity contribution in [3.05, 3.63) is 0 Å². The highest BCUT2D eigenvalue weighted by molar-refractivity contribution is 5.96. The Bertz CT molecular complexity index is 303. The van der Waals surface area contributed by atoms with E-state index < -0.39 is 5.97 Å². The van der Waals surface area contributed by atoms with Gasteiger partial charge in [-0.25, -0.2) is 0 Å². The van der Waals surface area contributed by atoms with Crippen molar-refractivity contribution in [1.29, 1.82) is 0 Å². The van der Waals surface area contributed by atoms with Crippen LogP contribution in [-0.4, -0.2) is 60.9 Å². The first kappa shape index (κ1) is 12.5. The zero-order chi connectivity index (χ0) is 12.1. The summed E-state index contributed by atoms with van der Waals surface area (Å²) in [6.45, 7) is 2.97. The number of hydrogen-bond acceptors (Lipinski definition) is 4. The van der Waals surface area contributed by atoms with Gasteiger partial charge in [0.1, 0.15) is 6.42 Å². The van der Waals surface area contributed by atoms with Gasteiger partial charge in [-0.1, -0.05) is 0 Å². The van der Waals surface area contributed by atoms with Crippen LogP contribution in [0.3, 0.4) is 0 Å². The molecule has 0 N–H and O–H groups in total. The first-order chi connectivity index (χ1) is 7.54. The highest BCUT2D eigenvalue weighted by atomic mass is 16.5. The number of hydrogen-bond donors (Lipinski definition) is 0. The van der Waals surface area contributed by atoms with Crippen LogP contribution in [0.5, 0.6) is 0 Å². The number of rotatable bonds is 3. The molecule has 0 unspecified atom stereocenters. The molecule has 0 saturated carbocycles. The minimum absolute atomic E-state index is 0.0503. The van der Waals surface area contributed by atoms with Gasteiger partial charge in [0.05, 0.1) is 13.2 Å². The summed E-state index contributed by atoms with van der Waals surface area (Å²) in [5, 5.41) is 0. The predicted molar refractivity (Wildman–Crippen MR) is 55.5 cm³/mol. The summed E-state index contributed by atoms with van der Waals surface area (Å²) in [6.07, 6.45) is -0.287. The maximum Gasteiger partial charge on any atom is 0.315 e. The van der Waals surface area contributed by atoms with Crippen LogP contribution in [0.4, 0.5) is 0 Å². The molecule has 0 aromatic carbocycles. The quantitative estimate of drug-likeness (QED) is 0.470. The number of esters is 1. The molecule has 1 rings (SSSR count). The van der Waals surface area contributed by atoms with Gasteiger partial charge in [-0.05, 0) is 6.92 Å². The Kier molecular flexibility index (Phi) is 4.28. The van der Waals surface area contributed by atoms with E-state index in [1.54, 1.807) is 18.9 Å². The SMILES string of the molecule is CCOC(=O)CC(=O)N1CCN(C)C(=O)C1. The second kappa shape index (κ2) is 5.48. The zero-order valence-corrected chi connectivity index (χ0v) is 9.56. The summed E-state index contributed by atoms with van der Waals surface area (Å²) in [6, 6.07) is 0. The lowest BCUT2D eigenvalue weighted by atomic mass is 10.3. The third kappa shape index (κ3) is 3.22. The molecule has 90 valence electrons. The maximum atomic E-state index is 11.6. The van der Waals surface area contributed by atoms with Crippen LogP contribution < -0.4 is 0 Å². The van der Waals surface area contributed by atoms with Gasteiger partial charge in [-0.3, -0.25) is 14.4 Å². The number of carbonyl (C=O) groups excluding carboxylic acids is 3. The van der Waals surface area contributed by atoms with Gasteiger partial charge in [0.2, 0.25) is 11.8 Å². The first-order valence-electron chi connectivity index (χ1n) is 5.22. The minimum Gasteiger partial charge on any atom is -0.466 e. The van der Waals surface area contributed by atoms with E-state index in [2.05, 4.69) is 4.74 Å². The molecule has 0 radical (unpaired) electrons. The number of amides is 2. The van der Waals surface area contributed by atoms with Crippen LogP contribution in [0.15, 0.2) is 0 Å². The normalized spacial score (nSPS) is 16.2. The summed E-state index contributed by atoms with van der Waals surface area (Å²) in [7, 11) is 1.69. The van der Waals surface area contributed by atoms with E-state index >= 15 is 0 Å². The molecule has 1 aliphatic rings. The van der Waals surface area contributed by atoms with Crippen molar-refractivity contribution in [3.8, 4) is 0 Å². The second-order valence-electron chi connectivity index (χ2n) is 3.61. The molecule has 1 aliphatic heterocycles. The van der Waals surface area contributed by atoms with E-state index in [1.807, 2.05) is 0 Å². The van der Waals surface area contributed by atoms with Crippen molar-refractivity contribution in [2.75, 3.05) is 33.3 Å². The Morgan fingerprint density at radius 3 is 2.62 bits per heavy atom. The van der Waals surface area contributed by atoms with E-state index in [0.29, 0.717) is 13.1 Å². The Balaban J connectivity index is 2.43. The van der Waals surface area contributed by atoms with Gasteiger partial charge in [-0.2, -0.15) is 0 Å². The van der Waals surface area contributed by atoms with Gasteiger partial charge in [0.15, 0.2) is 0 Å². The van der Waals surface area contributed by atoms with Crippen LogP contribution in [0.1, 0.15) is 13.3 Å². The zero-order valence-electron chi connectivity index (χ0n) is 9.56. The standard InChI is InChI=1S/C10H16N2O4/c1-3-16-10(15)6-8(13)12-5-4-11(2)9(14)7-12/h3-7H2,1-2H3. The van der Waals surface area contributed by atoms with Gasteiger partial charge >= 0.3 is 5.97 Å². The molecule has 0 aromatic rings. The van der Waals surface area contributed by atoms with Crippen LogP contribution in [0, 0.1) is 0 Å². The molecular weight excluding hydrogens is 212 g/mol. The third-order valence-corrected chi connectivity index (χ3v) is 2.41. The smallest absolute Gasteiger partial charge is 0.315 e. The number of ether oxygens (including phenoxy) is 1. The molecule has 6 heteroatoms. The Labute approximate surface area is 94.1 Å². The maximum absolute atomic E-state index is 11.6. The lowest BCUT2D eigenvalue weighted by molar-refractivity contribution is -0.152. The Morgan fingerprint density at radius 2 is 2.06 bits per heavy atom. The minimum atomic E-state index is -0.543. The van der Waals surface area contributed by atoms with Gasteiger partial charge < -0.3 is 14.5 Å². The number of likely N-dealkylation sites (N-methyl/N-ethyl adjacent to an activating group) is 1. The Morgan fingerprint density at radius 1 is 1.38 bits per heavy atom. The average Bonchev–Trinajstić information content (AvgIpc) is 2.22. The van der Waals surface area contributed by atoms with Crippen LogP contribution in [0.25, 0.3) is 0 Å². The lowest BCUT2D eigenvalue weighted by Gasteiger charge is -2.31. The van der Waals surface area contributed by atoms with Crippen molar-refractivity contribution in [2.24, 2.45) is 0 Å². The molecule has 0 atom stereocenters. The molecule has 1 fully saturated rings. The van der Waals surface area contributed by atoms with Gasteiger partial charge in [0, 0.05) is 20.1 Å². The molecule has 2 amide bonds. The summed E-state index contributed by atoms with van der Waals surface area (Å²) in [5.41, 5.74) is 0. The fourth-order valence-corrected chi connectivity index (χ4v) is 1.42. The van der Waals surface area contributed by atoms with Crippen molar-refractivity contribution in [1.82, 2.24) is 9.80 Å². The molecule has 0 spiro atoms. The monoisotopic (exact) mass is 228 g/mol. The largest absolute Gasteiger partial charge is 0.466 e. The predicted octanol–water partition coefficient (Wildman–Crippen LogP) is -0.760. The Hall–Kier alpha value is -1.59. The van der Waals surface area contributed by atoms with Crippen molar-refractivity contribution in [3.63, 3.8) is 0 Å². The topological polar surface area (TPSA) is 66.9 Å². The van der Waals surface area contributed by atoms with Gasteiger partial charge in [-0.15, -0.1) is 0 Å². The molecule has 0 bridgehead atoms. The summed E-state index contributed by atoms with van der Waals surface area (Å²) in [5.74, 6) is -0.998. The summed E-state index contributed by atoms with van der Waals surface area (Å²) < 4.78 is 4.67. The number of nitrogens with zero attached hydrogens (tertiary/aromatic N) is 2. The van der Waals surface area contributed by atoms with Crippen molar-refractivity contribution < 1.29 is 19.1 Å². The molecule has 6 nitrogen and oxygen atoms in total. The fraction of sp³-hybridized carbons (Fsp3) is 0.700.